The zero-order valence-electron chi connectivity index (χ0n) is 11.4. The first-order valence-corrected chi connectivity index (χ1v) is 8.61. The molecular weight excluding hydrogens is 294 g/mol. The van der Waals surface area contributed by atoms with Crippen LogP contribution in [0.15, 0.2) is 18.2 Å². The first kappa shape index (κ1) is 14.5. The monoisotopic (exact) mass is 313 g/mol. The van der Waals surface area contributed by atoms with Gasteiger partial charge in [-0.15, -0.1) is 0 Å². The van der Waals surface area contributed by atoms with Crippen LogP contribution in [0.2, 0.25) is 5.02 Å². The number of hydrogen-bond donors (Lipinski definition) is 1. The van der Waals surface area contributed by atoms with E-state index in [2.05, 4.69) is 0 Å². The molecule has 2 heterocycles. The second-order valence-corrected chi connectivity index (χ2v) is 7.05. The van der Waals surface area contributed by atoms with E-state index in [9.17, 15) is 0 Å². The van der Waals surface area contributed by atoms with Gasteiger partial charge in [0, 0.05) is 25.1 Å². The predicted molar refractivity (Wildman–Crippen MR) is 83.6 cm³/mol. The predicted octanol–water partition coefficient (Wildman–Crippen LogP) is 3.23. The third kappa shape index (κ3) is 3.08. The van der Waals surface area contributed by atoms with Gasteiger partial charge >= 0.3 is 0 Å². The van der Waals surface area contributed by atoms with Crippen molar-refractivity contribution in [2.24, 2.45) is 5.73 Å². The van der Waals surface area contributed by atoms with E-state index in [1.165, 1.54) is 5.75 Å². The van der Waals surface area contributed by atoms with Crippen LogP contribution in [0, 0.1) is 0 Å². The molecular formula is C15H20ClNO2S. The summed E-state index contributed by atoms with van der Waals surface area (Å²) in [7, 11) is 0. The molecule has 1 spiro atoms. The fourth-order valence-electron chi connectivity index (χ4n) is 2.89. The Bertz CT molecular complexity index is 477. The van der Waals surface area contributed by atoms with Crippen LogP contribution in [-0.4, -0.2) is 29.8 Å². The summed E-state index contributed by atoms with van der Waals surface area (Å²) >= 11 is 8.24. The van der Waals surface area contributed by atoms with Gasteiger partial charge in [0.1, 0.15) is 11.9 Å². The van der Waals surface area contributed by atoms with Crippen molar-refractivity contribution in [3.63, 3.8) is 0 Å². The molecule has 2 atom stereocenters. The van der Waals surface area contributed by atoms with Gasteiger partial charge < -0.3 is 15.2 Å². The Hall–Kier alpha value is -0.420. The largest absolute Gasteiger partial charge is 0.489 e. The highest BCUT2D eigenvalue weighted by Gasteiger charge is 2.41. The summed E-state index contributed by atoms with van der Waals surface area (Å²) in [6, 6.07) is 5.79. The van der Waals surface area contributed by atoms with Crippen molar-refractivity contribution in [1.29, 1.82) is 0 Å². The third-order valence-corrected chi connectivity index (χ3v) is 5.56. The van der Waals surface area contributed by atoms with Gasteiger partial charge in [0.15, 0.2) is 0 Å². The Morgan fingerprint density at radius 1 is 1.50 bits per heavy atom. The maximum atomic E-state index is 6.26. The van der Waals surface area contributed by atoms with Gasteiger partial charge in [-0.05, 0) is 29.9 Å². The first-order valence-electron chi connectivity index (χ1n) is 7.08. The molecule has 0 bridgehead atoms. The van der Waals surface area contributed by atoms with Crippen molar-refractivity contribution in [3.05, 3.63) is 28.8 Å². The molecule has 1 aromatic carbocycles. The van der Waals surface area contributed by atoms with E-state index in [4.69, 9.17) is 26.8 Å². The number of nitrogens with two attached hydrogens (primary N) is 1. The Morgan fingerprint density at radius 2 is 2.40 bits per heavy atom. The first-order chi connectivity index (χ1) is 9.71. The minimum absolute atomic E-state index is 0.0389. The fourth-order valence-corrected chi connectivity index (χ4v) is 4.52. The number of ether oxygens (including phenoxy) is 2. The molecule has 2 saturated heterocycles. The van der Waals surface area contributed by atoms with E-state index in [0.717, 1.165) is 42.9 Å². The number of halogens is 1. The minimum Gasteiger partial charge on any atom is -0.489 e. The Kier molecular flexibility index (Phi) is 4.46. The lowest BCUT2D eigenvalue weighted by Gasteiger charge is -2.37. The Labute approximate surface area is 129 Å². The molecule has 3 nitrogen and oxygen atoms in total. The van der Waals surface area contributed by atoms with Crippen LogP contribution < -0.4 is 10.5 Å². The quantitative estimate of drug-likeness (QED) is 0.930. The van der Waals surface area contributed by atoms with Crippen LogP contribution in [0.3, 0.4) is 0 Å². The molecule has 2 aliphatic rings. The maximum absolute atomic E-state index is 6.26. The summed E-state index contributed by atoms with van der Waals surface area (Å²) in [6.07, 6.45) is 3.23. The van der Waals surface area contributed by atoms with Gasteiger partial charge in [0.2, 0.25) is 0 Å². The lowest BCUT2D eigenvalue weighted by molar-refractivity contribution is -0.0958. The molecule has 0 amide bonds. The maximum Gasteiger partial charge on any atom is 0.138 e. The summed E-state index contributed by atoms with van der Waals surface area (Å²) in [4.78, 5) is 0. The molecule has 0 aliphatic carbocycles. The van der Waals surface area contributed by atoms with Gasteiger partial charge in [0.05, 0.1) is 17.2 Å². The molecule has 20 heavy (non-hydrogen) atoms. The molecule has 0 radical (unpaired) electrons. The van der Waals surface area contributed by atoms with Gasteiger partial charge in [-0.25, -0.2) is 0 Å². The number of thioether (sulfide) groups is 1. The highest BCUT2D eigenvalue weighted by atomic mass is 35.5. The van der Waals surface area contributed by atoms with Crippen LogP contribution >= 0.6 is 23.4 Å². The van der Waals surface area contributed by atoms with Crippen molar-refractivity contribution in [1.82, 2.24) is 0 Å². The van der Waals surface area contributed by atoms with Crippen molar-refractivity contribution in [2.45, 2.75) is 37.5 Å². The number of hydrogen-bond acceptors (Lipinski definition) is 4. The van der Waals surface area contributed by atoms with Crippen LogP contribution in [0.5, 0.6) is 5.75 Å². The van der Waals surface area contributed by atoms with Gasteiger partial charge in [-0.2, -0.15) is 11.8 Å². The lowest BCUT2D eigenvalue weighted by atomic mass is 9.91. The van der Waals surface area contributed by atoms with E-state index in [1.807, 2.05) is 30.0 Å². The molecule has 0 aromatic heterocycles. The van der Waals surface area contributed by atoms with E-state index >= 15 is 0 Å². The average molecular weight is 314 g/mol. The molecule has 1 aromatic rings. The highest BCUT2D eigenvalue weighted by molar-refractivity contribution is 7.99. The SMILES string of the molecule is NCc1ccc(OC2CCOC3(CCSC3)C2)c(Cl)c1. The van der Waals surface area contributed by atoms with Crippen LogP contribution in [0.4, 0.5) is 0 Å². The highest BCUT2D eigenvalue weighted by Crippen LogP contribution is 2.40. The lowest BCUT2D eigenvalue weighted by Crippen LogP contribution is -2.43. The molecule has 2 aliphatic heterocycles. The second kappa shape index (κ2) is 6.14. The summed E-state index contributed by atoms with van der Waals surface area (Å²) in [5.41, 5.74) is 6.68. The molecule has 5 heteroatoms. The van der Waals surface area contributed by atoms with E-state index < -0.39 is 0 Å². The standard InChI is InChI=1S/C15H20ClNO2S/c16-13-7-11(9-17)1-2-14(13)19-12-3-5-18-15(8-12)4-6-20-10-15/h1-2,7,12H,3-6,8-10,17H2. The van der Waals surface area contributed by atoms with Crippen molar-refractivity contribution < 1.29 is 9.47 Å². The van der Waals surface area contributed by atoms with Crippen LogP contribution in [-0.2, 0) is 11.3 Å². The molecule has 2 unspecified atom stereocenters. The fraction of sp³-hybridized carbons (Fsp3) is 0.600. The van der Waals surface area contributed by atoms with Gasteiger partial charge in [0.25, 0.3) is 0 Å². The molecule has 2 N–H and O–H groups in total. The van der Waals surface area contributed by atoms with Crippen LogP contribution in [0.25, 0.3) is 0 Å². The Balaban J connectivity index is 1.68. The normalized spacial score (nSPS) is 29.8. The summed E-state index contributed by atoms with van der Waals surface area (Å²) in [6.45, 7) is 1.28. The molecule has 3 rings (SSSR count). The van der Waals surface area contributed by atoms with Crippen molar-refractivity contribution >= 4 is 23.4 Å². The third-order valence-electron chi connectivity index (χ3n) is 4.04. The van der Waals surface area contributed by atoms with Crippen molar-refractivity contribution in [2.75, 3.05) is 18.1 Å². The minimum atomic E-state index is 0.0389. The second-order valence-electron chi connectivity index (χ2n) is 5.54. The van der Waals surface area contributed by atoms with E-state index in [-0.39, 0.29) is 11.7 Å². The Morgan fingerprint density at radius 3 is 3.10 bits per heavy atom. The van der Waals surface area contributed by atoms with Crippen molar-refractivity contribution in [3.8, 4) is 5.75 Å². The zero-order valence-corrected chi connectivity index (χ0v) is 13.0. The van der Waals surface area contributed by atoms with Crippen LogP contribution in [0.1, 0.15) is 24.8 Å². The zero-order chi connectivity index (χ0) is 14.0. The molecule has 2 fully saturated rings. The summed E-state index contributed by atoms with van der Waals surface area (Å²) in [5, 5.41) is 0.647. The van der Waals surface area contributed by atoms with Gasteiger partial charge in [-0.1, -0.05) is 17.7 Å². The topological polar surface area (TPSA) is 44.5 Å². The average Bonchev–Trinajstić information content (AvgIpc) is 2.89. The summed E-state index contributed by atoms with van der Waals surface area (Å²) < 4.78 is 12.1. The smallest absolute Gasteiger partial charge is 0.138 e. The molecule has 110 valence electrons. The van der Waals surface area contributed by atoms with E-state index in [0.29, 0.717) is 11.6 Å². The van der Waals surface area contributed by atoms with Gasteiger partial charge in [-0.3, -0.25) is 0 Å². The number of rotatable bonds is 3. The number of benzene rings is 1. The van der Waals surface area contributed by atoms with E-state index in [1.54, 1.807) is 0 Å². The summed E-state index contributed by atoms with van der Waals surface area (Å²) in [5.74, 6) is 3.04. The molecule has 0 saturated carbocycles.